The van der Waals surface area contributed by atoms with E-state index in [0.29, 0.717) is 24.2 Å². The first kappa shape index (κ1) is 19.3. The second-order valence-corrected chi connectivity index (χ2v) is 7.13. The number of likely N-dealkylation sites (N-methyl/N-ethyl adjacent to an activating group) is 1. The van der Waals surface area contributed by atoms with Gasteiger partial charge in [-0.25, -0.2) is 4.79 Å². The number of ether oxygens (including phenoxy) is 1. The van der Waals surface area contributed by atoms with Crippen LogP contribution in [0, 0.1) is 56.7 Å². The van der Waals surface area contributed by atoms with Gasteiger partial charge in [-0.05, 0) is 30.3 Å². The minimum absolute atomic E-state index is 0.172. The van der Waals surface area contributed by atoms with Crippen LogP contribution in [0.3, 0.4) is 0 Å². The summed E-state index contributed by atoms with van der Waals surface area (Å²) in [5.74, 6) is -2.21. The van der Waals surface area contributed by atoms with E-state index in [2.05, 4.69) is 23.1 Å². The summed E-state index contributed by atoms with van der Waals surface area (Å²) >= 11 is 0. The molecule has 2 aliphatic rings. The van der Waals surface area contributed by atoms with Gasteiger partial charge in [-0.3, -0.25) is 0 Å². The largest absolute Gasteiger partial charge is 0.465 e. The topological polar surface area (TPSA) is 125 Å². The number of fused-ring (bicyclic) bond motifs is 1. The number of benzene rings is 1. The Morgan fingerprint density at radius 2 is 1.89 bits per heavy atom. The van der Waals surface area contributed by atoms with Gasteiger partial charge in [-0.2, -0.15) is 15.8 Å². The number of nitriles is 3. The first-order valence-corrected chi connectivity index (χ1v) is 8.81. The normalized spacial score (nSPS) is 26.0. The molecule has 140 valence electrons. The third-order valence-corrected chi connectivity index (χ3v) is 5.66. The zero-order chi connectivity index (χ0) is 20.5. The summed E-state index contributed by atoms with van der Waals surface area (Å²) in [6.45, 7) is 1.23. The summed E-state index contributed by atoms with van der Waals surface area (Å²) < 4.78 is 4.72. The highest BCUT2D eigenvalue weighted by Gasteiger charge is 2.57. The lowest BCUT2D eigenvalue weighted by Crippen LogP contribution is -2.52. The third kappa shape index (κ3) is 2.76. The van der Waals surface area contributed by atoms with Gasteiger partial charge < -0.3 is 15.0 Å². The summed E-state index contributed by atoms with van der Waals surface area (Å²) in [5.41, 5.74) is -0.0677. The maximum Gasteiger partial charge on any atom is 0.337 e. The van der Waals surface area contributed by atoms with Crippen molar-refractivity contribution in [1.29, 1.82) is 21.2 Å². The van der Waals surface area contributed by atoms with Crippen LogP contribution in [0.4, 0.5) is 0 Å². The van der Waals surface area contributed by atoms with Crippen LogP contribution in [0.2, 0.25) is 0 Å². The van der Waals surface area contributed by atoms with Crippen LogP contribution in [0.25, 0.3) is 0 Å². The number of rotatable bonds is 2. The van der Waals surface area contributed by atoms with Crippen LogP contribution < -0.4 is 0 Å². The number of esters is 1. The van der Waals surface area contributed by atoms with Gasteiger partial charge in [0, 0.05) is 24.9 Å². The predicted octanol–water partition coefficient (Wildman–Crippen LogP) is 2.25. The van der Waals surface area contributed by atoms with Crippen LogP contribution in [0.5, 0.6) is 0 Å². The molecule has 1 aromatic rings. The summed E-state index contributed by atoms with van der Waals surface area (Å²) in [6.07, 6.45) is 1.94. The average molecular weight is 373 g/mol. The summed E-state index contributed by atoms with van der Waals surface area (Å²) in [7, 11) is 3.23. The quantitative estimate of drug-likeness (QED) is 0.626. The van der Waals surface area contributed by atoms with Crippen molar-refractivity contribution in [1.82, 2.24) is 4.90 Å². The molecule has 7 nitrogen and oxygen atoms in total. The number of nitrogens with one attached hydrogen (secondary N) is 1. The molecule has 3 rings (SSSR count). The molecule has 1 heterocycles. The highest BCUT2D eigenvalue weighted by Crippen LogP contribution is 2.53. The number of hydrogen-bond acceptors (Lipinski definition) is 7. The lowest BCUT2D eigenvalue weighted by molar-refractivity contribution is 0.0600. The molecule has 1 N–H and O–H groups in total. The number of carbonyl (C=O) groups excluding carboxylic acids is 1. The van der Waals surface area contributed by atoms with Crippen molar-refractivity contribution >= 4 is 11.7 Å². The van der Waals surface area contributed by atoms with Crippen molar-refractivity contribution in [3.8, 4) is 18.2 Å². The minimum atomic E-state index is -1.74. The Hall–Kier alpha value is -3.47. The van der Waals surface area contributed by atoms with Gasteiger partial charge in [0.2, 0.25) is 0 Å². The zero-order valence-corrected chi connectivity index (χ0v) is 15.6. The molecule has 0 aromatic heterocycles. The van der Waals surface area contributed by atoms with E-state index in [1.807, 2.05) is 13.1 Å². The Morgan fingerprint density at radius 1 is 1.25 bits per heavy atom. The number of nitrogens with zero attached hydrogens (tertiary/aromatic N) is 4. The second kappa shape index (κ2) is 7.27. The highest BCUT2D eigenvalue weighted by atomic mass is 16.5. The molecule has 1 aliphatic carbocycles. The Balaban J connectivity index is 2.19. The van der Waals surface area contributed by atoms with Gasteiger partial charge in [0.25, 0.3) is 0 Å². The molecular formula is C21H19N5O2. The van der Waals surface area contributed by atoms with E-state index < -0.39 is 23.2 Å². The van der Waals surface area contributed by atoms with Gasteiger partial charge >= 0.3 is 5.97 Å². The molecule has 1 fully saturated rings. The van der Waals surface area contributed by atoms with Crippen molar-refractivity contribution < 1.29 is 9.53 Å². The molecular weight excluding hydrogens is 354 g/mol. The van der Waals surface area contributed by atoms with E-state index in [9.17, 15) is 20.6 Å². The Labute approximate surface area is 163 Å². The fourth-order valence-electron chi connectivity index (χ4n) is 4.27. The van der Waals surface area contributed by atoms with Crippen LogP contribution in [0.15, 0.2) is 35.9 Å². The molecule has 3 atom stereocenters. The maximum atomic E-state index is 11.7. The average Bonchev–Trinajstić information content (AvgIpc) is 2.73. The SMILES string of the molecule is COC(=O)c1ccc([C@@H]2[C@H]3CN(C)CC=C3C(C#N)C(=N)C2(C#N)C#N)cc1. The van der Waals surface area contributed by atoms with Crippen molar-refractivity contribution in [3.05, 3.63) is 47.0 Å². The molecule has 7 heteroatoms. The van der Waals surface area contributed by atoms with Gasteiger partial charge in [0.05, 0.1) is 36.6 Å². The number of hydrogen-bond donors (Lipinski definition) is 1. The Bertz CT molecular complexity index is 960. The monoisotopic (exact) mass is 373 g/mol. The fourth-order valence-corrected chi connectivity index (χ4v) is 4.27. The first-order chi connectivity index (χ1) is 13.4. The minimum Gasteiger partial charge on any atom is -0.465 e. The molecule has 0 saturated heterocycles. The molecule has 28 heavy (non-hydrogen) atoms. The van der Waals surface area contributed by atoms with Crippen molar-refractivity contribution in [2.75, 3.05) is 27.2 Å². The van der Waals surface area contributed by atoms with Gasteiger partial charge in [0.1, 0.15) is 5.92 Å². The van der Waals surface area contributed by atoms with E-state index in [0.717, 1.165) is 5.57 Å². The Morgan fingerprint density at radius 3 is 2.43 bits per heavy atom. The van der Waals surface area contributed by atoms with Gasteiger partial charge in [-0.1, -0.05) is 18.2 Å². The van der Waals surface area contributed by atoms with E-state index >= 15 is 0 Å². The lowest BCUT2D eigenvalue weighted by atomic mass is 9.54. The van der Waals surface area contributed by atoms with Crippen LogP contribution in [-0.2, 0) is 4.74 Å². The van der Waals surface area contributed by atoms with E-state index in [-0.39, 0.29) is 11.6 Å². The molecule has 1 aromatic carbocycles. The molecule has 1 aliphatic heterocycles. The van der Waals surface area contributed by atoms with Crippen molar-refractivity contribution in [2.24, 2.45) is 17.3 Å². The fraction of sp³-hybridized carbons (Fsp3) is 0.381. The summed E-state index contributed by atoms with van der Waals surface area (Å²) in [6, 6.07) is 12.8. The van der Waals surface area contributed by atoms with E-state index in [1.54, 1.807) is 24.3 Å². The van der Waals surface area contributed by atoms with Gasteiger partial charge in [-0.15, -0.1) is 0 Å². The molecule has 1 unspecified atom stereocenters. The number of methoxy groups -OCH3 is 1. The predicted molar refractivity (Wildman–Crippen MR) is 100 cm³/mol. The zero-order valence-electron chi connectivity index (χ0n) is 15.6. The Kier molecular flexibility index (Phi) is 5.01. The van der Waals surface area contributed by atoms with Crippen molar-refractivity contribution in [3.63, 3.8) is 0 Å². The second-order valence-electron chi connectivity index (χ2n) is 7.13. The van der Waals surface area contributed by atoms with E-state index in [1.165, 1.54) is 7.11 Å². The smallest absolute Gasteiger partial charge is 0.337 e. The standard InChI is InChI=1S/C21H19N5O2/c1-26-8-7-15-16(9-22)19(25)21(11-23,12-24)18(17(15)10-26)13-3-5-14(6-4-13)20(27)28-2/h3-7,16-18,25H,8,10H2,1-2H3/t16?,17-,18+/m0/s1. The van der Waals surface area contributed by atoms with Crippen molar-refractivity contribution in [2.45, 2.75) is 5.92 Å². The molecule has 0 bridgehead atoms. The van der Waals surface area contributed by atoms with Crippen LogP contribution in [0.1, 0.15) is 21.8 Å². The van der Waals surface area contributed by atoms with Crippen LogP contribution in [-0.4, -0.2) is 43.8 Å². The van der Waals surface area contributed by atoms with Crippen LogP contribution >= 0.6 is 0 Å². The van der Waals surface area contributed by atoms with E-state index in [4.69, 9.17) is 10.1 Å². The molecule has 0 amide bonds. The number of carbonyl (C=O) groups is 1. The summed E-state index contributed by atoms with van der Waals surface area (Å²) in [5, 5.41) is 38.1. The molecule has 1 saturated carbocycles. The summed E-state index contributed by atoms with van der Waals surface area (Å²) in [4.78, 5) is 13.8. The first-order valence-electron chi connectivity index (χ1n) is 8.81. The van der Waals surface area contributed by atoms with Gasteiger partial charge in [0.15, 0.2) is 5.41 Å². The molecule has 0 spiro atoms. The maximum absolute atomic E-state index is 11.7. The molecule has 0 radical (unpaired) electrons. The lowest BCUT2D eigenvalue weighted by Gasteiger charge is -2.47. The highest BCUT2D eigenvalue weighted by molar-refractivity contribution is 6.01. The third-order valence-electron chi connectivity index (χ3n) is 5.66.